The van der Waals surface area contributed by atoms with E-state index in [2.05, 4.69) is 5.32 Å². The molecule has 0 unspecified atom stereocenters. The molecule has 0 spiro atoms. The summed E-state index contributed by atoms with van der Waals surface area (Å²) in [6.45, 7) is 13.2. The maximum absolute atomic E-state index is 5.71. The van der Waals surface area contributed by atoms with Crippen LogP contribution >= 0.6 is 0 Å². The summed E-state index contributed by atoms with van der Waals surface area (Å²) in [7, 11) is 0. The molecule has 0 radical (unpaired) electrons. The lowest BCUT2D eigenvalue weighted by molar-refractivity contribution is -0.255. The van der Waals surface area contributed by atoms with Gasteiger partial charge in [0.05, 0.1) is 0 Å². The molecule has 5 heteroatoms. The fourth-order valence-corrected chi connectivity index (χ4v) is 1.91. The molecule has 0 saturated carbocycles. The fraction of sp³-hybridized carbons (Fsp3) is 1.00. The zero-order valence-electron chi connectivity index (χ0n) is 13.2. The van der Waals surface area contributed by atoms with E-state index < -0.39 is 5.91 Å². The Morgan fingerprint density at radius 1 is 0.842 bits per heavy atom. The zero-order chi connectivity index (χ0) is 14.6. The highest BCUT2D eigenvalue weighted by Gasteiger charge is 2.28. The van der Waals surface area contributed by atoms with Crippen molar-refractivity contribution in [2.45, 2.75) is 59.7 Å². The number of nitrogens with one attached hydrogen (secondary N) is 1. The third-order valence-corrected chi connectivity index (χ3v) is 2.70. The third kappa shape index (κ3) is 7.84. The number of hydrogen-bond donors (Lipinski definition) is 1. The summed E-state index contributed by atoms with van der Waals surface area (Å²) in [6, 6.07) is 0. The first-order valence-electron chi connectivity index (χ1n) is 7.44. The molecule has 0 heterocycles. The van der Waals surface area contributed by atoms with Crippen LogP contribution in [0.2, 0.25) is 0 Å². The van der Waals surface area contributed by atoms with Crippen molar-refractivity contribution in [2.24, 2.45) is 0 Å². The van der Waals surface area contributed by atoms with Crippen LogP contribution in [-0.4, -0.2) is 45.2 Å². The molecule has 1 N–H and O–H groups in total. The SMILES string of the molecule is CCOC(CCNC(CC)(OCC)OCC)OCC. The normalized spacial score (nSPS) is 12.3. The predicted octanol–water partition coefficient (Wildman–Crippen LogP) is 2.50. The third-order valence-electron chi connectivity index (χ3n) is 2.70. The molecular weight excluding hydrogens is 246 g/mol. The lowest BCUT2D eigenvalue weighted by Gasteiger charge is -2.33. The maximum Gasteiger partial charge on any atom is 0.227 e. The standard InChI is InChI=1S/C14H31NO4/c1-6-14(18-9-4,19-10-5)15-12-11-13(16-7-2)17-8-3/h13,15H,6-12H2,1-5H3. The Morgan fingerprint density at radius 2 is 1.37 bits per heavy atom. The van der Waals surface area contributed by atoms with Crippen molar-refractivity contribution in [1.82, 2.24) is 5.32 Å². The molecule has 0 fully saturated rings. The predicted molar refractivity (Wildman–Crippen MR) is 75.9 cm³/mol. The monoisotopic (exact) mass is 277 g/mol. The molecule has 0 rings (SSSR count). The van der Waals surface area contributed by atoms with E-state index in [1.54, 1.807) is 0 Å². The second kappa shape index (κ2) is 11.6. The maximum atomic E-state index is 5.71. The second-order valence-corrected chi connectivity index (χ2v) is 4.03. The Morgan fingerprint density at radius 3 is 1.74 bits per heavy atom. The Labute approximate surface area is 117 Å². The fourth-order valence-electron chi connectivity index (χ4n) is 1.91. The molecule has 0 aromatic heterocycles. The van der Waals surface area contributed by atoms with E-state index in [9.17, 15) is 0 Å². The molecule has 0 aliphatic carbocycles. The lowest BCUT2D eigenvalue weighted by Crippen LogP contribution is -2.50. The Balaban J connectivity index is 4.21. The Hall–Kier alpha value is -0.200. The first-order chi connectivity index (χ1) is 9.17. The molecule has 19 heavy (non-hydrogen) atoms. The topological polar surface area (TPSA) is 49.0 Å². The van der Waals surface area contributed by atoms with E-state index >= 15 is 0 Å². The van der Waals surface area contributed by atoms with Crippen molar-refractivity contribution in [3.63, 3.8) is 0 Å². The minimum Gasteiger partial charge on any atom is -0.353 e. The molecule has 0 atom stereocenters. The van der Waals surface area contributed by atoms with E-state index in [0.717, 1.165) is 19.4 Å². The molecule has 0 aliphatic heterocycles. The van der Waals surface area contributed by atoms with Crippen LogP contribution in [0, 0.1) is 0 Å². The highest BCUT2D eigenvalue weighted by molar-refractivity contribution is 4.66. The van der Waals surface area contributed by atoms with Gasteiger partial charge in [-0.05, 0) is 27.7 Å². The van der Waals surface area contributed by atoms with Gasteiger partial charge in [0.25, 0.3) is 0 Å². The van der Waals surface area contributed by atoms with Crippen molar-refractivity contribution in [1.29, 1.82) is 0 Å². The van der Waals surface area contributed by atoms with E-state index in [-0.39, 0.29) is 6.29 Å². The van der Waals surface area contributed by atoms with Crippen LogP contribution in [0.3, 0.4) is 0 Å². The number of ether oxygens (including phenoxy) is 4. The summed E-state index contributed by atoms with van der Waals surface area (Å²) in [6.07, 6.45) is 1.35. The summed E-state index contributed by atoms with van der Waals surface area (Å²) in [5.74, 6) is -0.688. The van der Waals surface area contributed by atoms with Gasteiger partial charge in [0, 0.05) is 45.8 Å². The van der Waals surface area contributed by atoms with Crippen molar-refractivity contribution in [3.8, 4) is 0 Å². The van der Waals surface area contributed by atoms with Gasteiger partial charge in [-0.2, -0.15) is 0 Å². The summed E-state index contributed by atoms with van der Waals surface area (Å²) in [5, 5.41) is 3.33. The van der Waals surface area contributed by atoms with Crippen LogP contribution in [-0.2, 0) is 18.9 Å². The van der Waals surface area contributed by atoms with E-state index in [4.69, 9.17) is 18.9 Å². The molecule has 0 amide bonds. The number of rotatable bonds is 13. The van der Waals surface area contributed by atoms with Gasteiger partial charge < -0.3 is 18.9 Å². The van der Waals surface area contributed by atoms with Gasteiger partial charge in [-0.3, -0.25) is 5.32 Å². The van der Waals surface area contributed by atoms with Crippen molar-refractivity contribution < 1.29 is 18.9 Å². The van der Waals surface area contributed by atoms with E-state index in [1.165, 1.54) is 0 Å². The summed E-state index contributed by atoms with van der Waals surface area (Å²) in [4.78, 5) is 0. The van der Waals surface area contributed by atoms with Crippen LogP contribution < -0.4 is 5.32 Å². The highest BCUT2D eigenvalue weighted by Crippen LogP contribution is 2.14. The summed E-state index contributed by atoms with van der Waals surface area (Å²) < 4.78 is 22.4. The second-order valence-electron chi connectivity index (χ2n) is 4.03. The van der Waals surface area contributed by atoms with Gasteiger partial charge in [0.1, 0.15) is 0 Å². The smallest absolute Gasteiger partial charge is 0.227 e. The lowest BCUT2D eigenvalue weighted by atomic mass is 10.3. The van der Waals surface area contributed by atoms with Gasteiger partial charge >= 0.3 is 0 Å². The Bertz CT molecular complexity index is 190. The summed E-state index contributed by atoms with van der Waals surface area (Å²) in [5.41, 5.74) is 0. The average Bonchev–Trinajstić information content (AvgIpc) is 2.39. The van der Waals surface area contributed by atoms with Crippen molar-refractivity contribution in [2.75, 3.05) is 33.0 Å². The molecule has 0 aliphatic rings. The van der Waals surface area contributed by atoms with Gasteiger partial charge in [0.2, 0.25) is 5.91 Å². The molecule has 5 nitrogen and oxygen atoms in total. The highest BCUT2D eigenvalue weighted by atomic mass is 16.7. The van der Waals surface area contributed by atoms with Crippen LogP contribution in [0.15, 0.2) is 0 Å². The number of hydrogen-bond acceptors (Lipinski definition) is 5. The van der Waals surface area contributed by atoms with E-state index in [1.807, 2.05) is 34.6 Å². The quantitative estimate of drug-likeness (QED) is 0.524. The Kier molecular flexibility index (Phi) is 11.5. The molecule has 116 valence electrons. The molecule has 0 bridgehead atoms. The molecule has 0 aromatic carbocycles. The van der Waals surface area contributed by atoms with Gasteiger partial charge in [-0.15, -0.1) is 0 Å². The van der Waals surface area contributed by atoms with Crippen LogP contribution in [0.1, 0.15) is 47.5 Å². The first kappa shape index (κ1) is 18.8. The largest absolute Gasteiger partial charge is 0.353 e. The van der Waals surface area contributed by atoms with Gasteiger partial charge in [-0.1, -0.05) is 6.92 Å². The van der Waals surface area contributed by atoms with Crippen LogP contribution in [0.4, 0.5) is 0 Å². The van der Waals surface area contributed by atoms with Gasteiger partial charge in [-0.25, -0.2) is 0 Å². The molecule has 0 aromatic rings. The first-order valence-corrected chi connectivity index (χ1v) is 7.44. The minimum atomic E-state index is -0.688. The zero-order valence-corrected chi connectivity index (χ0v) is 13.2. The molecular formula is C14H31NO4. The van der Waals surface area contributed by atoms with Gasteiger partial charge in [0.15, 0.2) is 6.29 Å². The van der Waals surface area contributed by atoms with E-state index in [0.29, 0.717) is 26.4 Å². The van der Waals surface area contributed by atoms with Crippen LogP contribution in [0.5, 0.6) is 0 Å². The van der Waals surface area contributed by atoms with Crippen molar-refractivity contribution in [3.05, 3.63) is 0 Å². The van der Waals surface area contributed by atoms with Crippen molar-refractivity contribution >= 4 is 0 Å². The molecule has 0 saturated heterocycles. The van der Waals surface area contributed by atoms with Crippen LogP contribution in [0.25, 0.3) is 0 Å². The average molecular weight is 277 g/mol. The summed E-state index contributed by atoms with van der Waals surface area (Å²) >= 11 is 0. The minimum absolute atomic E-state index is 0.166.